The monoisotopic (exact) mass is 479 g/mol. The summed E-state index contributed by atoms with van der Waals surface area (Å²) in [7, 11) is 5.64. The first-order valence-corrected chi connectivity index (χ1v) is 11.5. The Labute approximate surface area is 206 Å². The second-order valence-electron chi connectivity index (χ2n) is 8.44. The van der Waals surface area contributed by atoms with Gasteiger partial charge in [-0.15, -0.1) is 0 Å². The van der Waals surface area contributed by atoms with Gasteiger partial charge in [0, 0.05) is 39.1 Å². The van der Waals surface area contributed by atoms with Crippen molar-refractivity contribution in [3.8, 4) is 11.5 Å². The first-order valence-electron chi connectivity index (χ1n) is 11.5. The van der Waals surface area contributed by atoms with Crippen molar-refractivity contribution < 1.29 is 19.1 Å². The van der Waals surface area contributed by atoms with E-state index in [-0.39, 0.29) is 31.4 Å². The summed E-state index contributed by atoms with van der Waals surface area (Å²) in [5.74, 6) is 1.19. The third-order valence-corrected chi connectivity index (χ3v) is 5.29. The molecule has 0 aliphatic heterocycles. The lowest BCUT2D eigenvalue weighted by Crippen LogP contribution is -2.33. The highest BCUT2D eigenvalue weighted by Gasteiger charge is 2.12. The maximum Gasteiger partial charge on any atom is 0.244 e. The van der Waals surface area contributed by atoms with Crippen LogP contribution in [0.3, 0.4) is 0 Å². The summed E-state index contributed by atoms with van der Waals surface area (Å²) >= 11 is 0. The van der Waals surface area contributed by atoms with Crippen LogP contribution in [0.1, 0.15) is 12.0 Å². The molecule has 0 spiro atoms. The van der Waals surface area contributed by atoms with E-state index in [2.05, 4.69) is 10.4 Å². The number of rotatable bonds is 12. The van der Waals surface area contributed by atoms with Crippen molar-refractivity contribution in [2.45, 2.75) is 19.9 Å². The smallest absolute Gasteiger partial charge is 0.244 e. The molecular weight excluding hydrogens is 446 g/mol. The third kappa shape index (κ3) is 8.37. The van der Waals surface area contributed by atoms with E-state index < -0.39 is 0 Å². The van der Waals surface area contributed by atoms with Crippen LogP contribution >= 0.6 is 0 Å². The predicted octanol–water partition coefficient (Wildman–Crippen LogP) is 3.20. The number of hydrogen-bond donors (Lipinski definition) is 1. The number of nitrogens with one attached hydrogen (secondary N) is 1. The van der Waals surface area contributed by atoms with Gasteiger partial charge in [0.15, 0.2) is 0 Å². The van der Waals surface area contributed by atoms with E-state index in [1.807, 2.05) is 74.4 Å². The van der Waals surface area contributed by atoms with Crippen LogP contribution in [0.2, 0.25) is 0 Å². The molecule has 1 N–H and O–H groups in total. The summed E-state index contributed by atoms with van der Waals surface area (Å²) in [5.41, 5.74) is 2.72. The van der Waals surface area contributed by atoms with Crippen LogP contribution in [0.25, 0.3) is 0 Å². The van der Waals surface area contributed by atoms with Gasteiger partial charge in [-0.25, -0.2) is 0 Å². The molecular formula is C26H33N5O4. The highest BCUT2D eigenvalue weighted by molar-refractivity contribution is 5.90. The van der Waals surface area contributed by atoms with Crippen molar-refractivity contribution in [3.05, 3.63) is 66.5 Å². The van der Waals surface area contributed by atoms with E-state index in [4.69, 9.17) is 9.47 Å². The number of hydrogen-bond acceptors (Lipinski definition) is 6. The molecule has 0 atom stereocenters. The minimum atomic E-state index is -0.190. The van der Waals surface area contributed by atoms with Gasteiger partial charge in [-0.3, -0.25) is 14.3 Å². The zero-order chi connectivity index (χ0) is 25.2. The van der Waals surface area contributed by atoms with Gasteiger partial charge < -0.3 is 24.6 Å². The highest BCUT2D eigenvalue weighted by Crippen LogP contribution is 2.19. The Morgan fingerprint density at radius 3 is 2.49 bits per heavy atom. The molecule has 0 saturated carbocycles. The zero-order valence-electron chi connectivity index (χ0n) is 20.7. The van der Waals surface area contributed by atoms with E-state index in [1.54, 1.807) is 18.1 Å². The van der Waals surface area contributed by atoms with E-state index in [0.29, 0.717) is 24.6 Å². The third-order valence-electron chi connectivity index (χ3n) is 5.29. The van der Waals surface area contributed by atoms with Crippen LogP contribution in [-0.4, -0.2) is 67.4 Å². The molecule has 0 aliphatic carbocycles. The lowest BCUT2D eigenvalue weighted by atomic mass is 10.2. The molecule has 2 amide bonds. The molecule has 0 saturated heterocycles. The van der Waals surface area contributed by atoms with Crippen molar-refractivity contribution in [1.82, 2.24) is 14.7 Å². The van der Waals surface area contributed by atoms with E-state index >= 15 is 0 Å². The number of anilines is 2. The number of aryl methyl sites for hydroxylation is 1. The zero-order valence-corrected chi connectivity index (χ0v) is 20.7. The quantitative estimate of drug-likeness (QED) is 0.429. The summed E-state index contributed by atoms with van der Waals surface area (Å²) < 4.78 is 12.9. The predicted molar refractivity (Wildman–Crippen MR) is 136 cm³/mol. The first-order chi connectivity index (χ1) is 16.8. The number of benzene rings is 2. The minimum Gasteiger partial charge on any atom is -0.493 e. The van der Waals surface area contributed by atoms with Gasteiger partial charge in [-0.2, -0.15) is 5.10 Å². The fourth-order valence-corrected chi connectivity index (χ4v) is 3.17. The Morgan fingerprint density at radius 2 is 1.74 bits per heavy atom. The summed E-state index contributed by atoms with van der Waals surface area (Å²) in [6.45, 7) is 3.19. The van der Waals surface area contributed by atoms with Gasteiger partial charge in [-0.1, -0.05) is 23.8 Å². The normalized spacial score (nSPS) is 10.5. The van der Waals surface area contributed by atoms with E-state index in [1.165, 1.54) is 16.4 Å². The largest absolute Gasteiger partial charge is 0.493 e. The maximum atomic E-state index is 12.5. The minimum absolute atomic E-state index is 0.0717. The standard InChI is InChI=1S/C26H33N5O4/c1-20-8-10-23(11-9-20)35-15-13-30(4)26(33)19-31-18-21(17-27-31)28-25(32)12-14-34-24-7-5-6-22(16-24)29(2)3/h5-11,16-18H,12-15,19H2,1-4H3,(H,28,32). The van der Waals surface area contributed by atoms with Gasteiger partial charge >= 0.3 is 0 Å². The van der Waals surface area contributed by atoms with Gasteiger partial charge in [-0.05, 0) is 31.2 Å². The number of carbonyl (C=O) groups is 2. The number of amides is 2. The summed E-state index contributed by atoms with van der Waals surface area (Å²) in [6, 6.07) is 15.5. The molecule has 186 valence electrons. The van der Waals surface area contributed by atoms with Crippen LogP contribution in [0.4, 0.5) is 11.4 Å². The number of carbonyl (C=O) groups excluding carboxylic acids is 2. The Bertz CT molecular complexity index is 1110. The Balaban J connectivity index is 1.37. The molecule has 0 fully saturated rings. The van der Waals surface area contributed by atoms with Crippen LogP contribution < -0.4 is 19.7 Å². The fourth-order valence-electron chi connectivity index (χ4n) is 3.17. The van der Waals surface area contributed by atoms with Crippen LogP contribution in [0.5, 0.6) is 11.5 Å². The Morgan fingerprint density at radius 1 is 1.00 bits per heavy atom. The number of aromatic nitrogens is 2. The number of ether oxygens (including phenoxy) is 2. The van der Waals surface area contributed by atoms with Crippen molar-refractivity contribution in [1.29, 1.82) is 0 Å². The molecule has 0 bridgehead atoms. The van der Waals surface area contributed by atoms with Gasteiger partial charge in [0.05, 0.1) is 31.5 Å². The van der Waals surface area contributed by atoms with Crippen molar-refractivity contribution in [3.63, 3.8) is 0 Å². The highest BCUT2D eigenvalue weighted by atomic mass is 16.5. The molecule has 9 nitrogen and oxygen atoms in total. The van der Waals surface area contributed by atoms with Gasteiger partial charge in [0.25, 0.3) is 0 Å². The molecule has 0 radical (unpaired) electrons. The van der Waals surface area contributed by atoms with Crippen LogP contribution in [-0.2, 0) is 16.1 Å². The van der Waals surface area contributed by atoms with Crippen LogP contribution in [0.15, 0.2) is 60.9 Å². The van der Waals surface area contributed by atoms with E-state index in [0.717, 1.165) is 11.4 Å². The number of nitrogens with zero attached hydrogens (tertiary/aromatic N) is 4. The first kappa shape index (κ1) is 25.6. The molecule has 3 rings (SSSR count). The second kappa shape index (κ2) is 12.5. The summed E-state index contributed by atoms with van der Waals surface area (Å²) in [5, 5.41) is 6.95. The second-order valence-corrected chi connectivity index (χ2v) is 8.44. The summed E-state index contributed by atoms with van der Waals surface area (Å²) in [6.07, 6.45) is 3.35. The van der Waals surface area contributed by atoms with Crippen molar-refractivity contribution in [2.24, 2.45) is 0 Å². The molecule has 0 aliphatic rings. The molecule has 35 heavy (non-hydrogen) atoms. The number of likely N-dealkylation sites (N-methyl/N-ethyl adjacent to an activating group) is 1. The van der Waals surface area contributed by atoms with Crippen molar-refractivity contribution >= 4 is 23.2 Å². The topological polar surface area (TPSA) is 88.9 Å². The maximum absolute atomic E-state index is 12.5. The average Bonchev–Trinajstić information content (AvgIpc) is 3.26. The molecule has 1 heterocycles. The SMILES string of the molecule is Cc1ccc(OCCN(C)C(=O)Cn2cc(NC(=O)CCOc3cccc(N(C)C)c3)cn2)cc1. The van der Waals surface area contributed by atoms with Gasteiger partial charge in [0.1, 0.15) is 24.7 Å². The average molecular weight is 480 g/mol. The van der Waals surface area contributed by atoms with Gasteiger partial charge in [0.2, 0.25) is 11.8 Å². The summed E-state index contributed by atoms with van der Waals surface area (Å²) in [4.78, 5) is 28.3. The van der Waals surface area contributed by atoms with E-state index in [9.17, 15) is 9.59 Å². The fraction of sp³-hybridized carbons (Fsp3) is 0.346. The van der Waals surface area contributed by atoms with Crippen LogP contribution in [0, 0.1) is 6.92 Å². The molecule has 0 unspecified atom stereocenters. The van der Waals surface area contributed by atoms with Crippen molar-refractivity contribution in [2.75, 3.05) is 51.1 Å². The molecule has 3 aromatic rings. The molecule has 1 aromatic heterocycles. The molecule has 9 heteroatoms. The Kier molecular flexibility index (Phi) is 9.11. The Hall–Kier alpha value is -4.01. The molecule has 2 aromatic carbocycles. The lowest BCUT2D eigenvalue weighted by molar-refractivity contribution is -0.131. The lowest BCUT2D eigenvalue weighted by Gasteiger charge is -2.17.